The van der Waals surface area contributed by atoms with E-state index in [-0.39, 0.29) is 5.82 Å². The molecule has 178 valence electrons. The highest BCUT2D eigenvalue weighted by Crippen LogP contribution is 2.33. The molecule has 0 amide bonds. The van der Waals surface area contributed by atoms with Gasteiger partial charge in [-0.25, -0.2) is 9.18 Å². The van der Waals surface area contributed by atoms with Crippen LogP contribution >= 0.6 is 0 Å². The Morgan fingerprint density at radius 3 is 2.38 bits per heavy atom. The van der Waals surface area contributed by atoms with Gasteiger partial charge in [0.1, 0.15) is 5.82 Å². The van der Waals surface area contributed by atoms with Crippen LogP contribution in [0, 0.1) is 11.7 Å². The van der Waals surface area contributed by atoms with Crippen molar-refractivity contribution >= 4 is 16.9 Å². The largest absolute Gasteiger partial charge is 0.490 e. The summed E-state index contributed by atoms with van der Waals surface area (Å²) in [5.41, 5.74) is 7.63. The van der Waals surface area contributed by atoms with Crippen LogP contribution in [0.1, 0.15) is 56.6 Å². The van der Waals surface area contributed by atoms with Crippen LogP contribution in [0.25, 0.3) is 11.0 Å². The Hall–Kier alpha value is -2.20. The van der Waals surface area contributed by atoms with Crippen molar-refractivity contribution < 1.29 is 32.0 Å². The van der Waals surface area contributed by atoms with Crippen LogP contribution in [0.4, 0.5) is 17.6 Å². The van der Waals surface area contributed by atoms with Crippen molar-refractivity contribution in [2.45, 2.75) is 63.1 Å². The number of hydrogen-bond donors (Lipinski definition) is 2. The summed E-state index contributed by atoms with van der Waals surface area (Å²) in [5, 5.41) is 12.2. The molecule has 0 radical (unpaired) electrons. The fraction of sp³-hybridized carbons (Fsp3) is 0.636. The zero-order valence-electron chi connectivity index (χ0n) is 17.8. The van der Waals surface area contributed by atoms with Crippen molar-refractivity contribution in [3.8, 4) is 0 Å². The van der Waals surface area contributed by atoms with Gasteiger partial charge in [-0.15, -0.1) is 0 Å². The molecule has 6 nitrogen and oxygen atoms in total. The molecule has 3 N–H and O–H groups in total. The maximum Gasteiger partial charge on any atom is 0.490 e. The fourth-order valence-corrected chi connectivity index (χ4v) is 4.50. The molecule has 1 aromatic carbocycles. The number of alkyl halides is 3. The number of hydrogen-bond acceptors (Lipinski definition) is 5. The van der Waals surface area contributed by atoms with E-state index < -0.39 is 12.1 Å². The van der Waals surface area contributed by atoms with Crippen LogP contribution < -0.4 is 5.73 Å². The molecule has 2 fully saturated rings. The summed E-state index contributed by atoms with van der Waals surface area (Å²) in [6.07, 6.45) is 3.37. The number of halogens is 4. The topological polar surface area (TPSA) is 92.6 Å². The molecule has 32 heavy (non-hydrogen) atoms. The van der Waals surface area contributed by atoms with Gasteiger partial charge in [0.25, 0.3) is 0 Å². The fourth-order valence-electron chi connectivity index (χ4n) is 4.50. The molecule has 10 heteroatoms. The molecule has 0 spiro atoms. The summed E-state index contributed by atoms with van der Waals surface area (Å²) >= 11 is 0. The monoisotopic (exact) mass is 459 g/mol. The molecule has 1 aromatic heterocycles. The lowest BCUT2D eigenvalue weighted by atomic mass is 9.84. The van der Waals surface area contributed by atoms with Crippen molar-refractivity contribution in [2.75, 3.05) is 19.6 Å². The number of fused-ring (bicyclic) bond motifs is 1. The Morgan fingerprint density at radius 1 is 1.16 bits per heavy atom. The second-order valence-corrected chi connectivity index (χ2v) is 8.70. The zero-order chi connectivity index (χ0) is 23.3. The Morgan fingerprint density at radius 2 is 1.78 bits per heavy atom. The molecular weight excluding hydrogens is 430 g/mol. The van der Waals surface area contributed by atoms with Crippen LogP contribution in [0.3, 0.4) is 0 Å². The molecule has 4 rings (SSSR count). The van der Waals surface area contributed by atoms with E-state index in [4.69, 9.17) is 20.2 Å². The van der Waals surface area contributed by atoms with Gasteiger partial charge in [-0.2, -0.15) is 13.2 Å². The Kier molecular flexibility index (Phi) is 8.10. The quantitative estimate of drug-likeness (QED) is 0.645. The third kappa shape index (κ3) is 6.65. The molecule has 0 atom stereocenters. The predicted octanol–water partition coefficient (Wildman–Crippen LogP) is 4.69. The highest BCUT2D eigenvalue weighted by atomic mass is 19.4. The molecule has 1 aliphatic carbocycles. The lowest BCUT2D eigenvalue weighted by Crippen LogP contribution is -2.35. The number of likely N-dealkylation sites (tertiary alicyclic amines) is 1. The minimum absolute atomic E-state index is 0.221. The van der Waals surface area contributed by atoms with Gasteiger partial charge in [-0.3, -0.25) is 0 Å². The van der Waals surface area contributed by atoms with Crippen LogP contribution in [0.5, 0.6) is 0 Å². The first-order chi connectivity index (χ1) is 15.1. The first-order valence-electron chi connectivity index (χ1n) is 11.0. The number of carbonyl (C=O) groups is 1. The van der Waals surface area contributed by atoms with E-state index in [0.717, 1.165) is 42.9 Å². The number of carboxylic acid groups (broad SMARTS) is 1. The maximum absolute atomic E-state index is 13.5. The molecule has 2 aliphatic rings. The first-order valence-corrected chi connectivity index (χ1v) is 11.0. The normalized spacial score (nSPS) is 23.0. The van der Waals surface area contributed by atoms with Crippen LogP contribution in [0.15, 0.2) is 22.7 Å². The smallest absolute Gasteiger partial charge is 0.475 e. The summed E-state index contributed by atoms with van der Waals surface area (Å²) in [5.74, 6) is -1.74. The van der Waals surface area contributed by atoms with Gasteiger partial charge < -0.3 is 20.3 Å². The summed E-state index contributed by atoms with van der Waals surface area (Å²) in [4.78, 5) is 11.5. The van der Waals surface area contributed by atoms with Crippen molar-refractivity contribution in [3.05, 3.63) is 29.7 Å². The minimum atomic E-state index is -5.08. The summed E-state index contributed by atoms with van der Waals surface area (Å²) in [6.45, 7) is 3.39. The van der Waals surface area contributed by atoms with E-state index in [1.54, 1.807) is 12.1 Å². The third-order valence-electron chi connectivity index (χ3n) is 6.42. The van der Waals surface area contributed by atoms with E-state index in [1.807, 2.05) is 0 Å². The van der Waals surface area contributed by atoms with Gasteiger partial charge in [0.05, 0.1) is 5.69 Å². The zero-order valence-corrected chi connectivity index (χ0v) is 17.8. The predicted molar refractivity (Wildman–Crippen MR) is 111 cm³/mol. The number of nitrogens with zero attached hydrogens (tertiary/aromatic N) is 2. The first kappa shape index (κ1) is 24.4. The van der Waals surface area contributed by atoms with E-state index in [0.29, 0.717) is 17.5 Å². The SMILES string of the molecule is NC1CCC(CCN2CCC(c3noc4ccc(F)cc34)CC2)CC1.O=C(O)C(F)(F)F. The number of rotatable bonds is 4. The van der Waals surface area contributed by atoms with Crippen molar-refractivity contribution in [1.82, 2.24) is 10.1 Å². The Labute approximate surface area is 183 Å². The number of aromatic nitrogens is 1. The molecule has 0 bridgehead atoms. The molecule has 2 aromatic rings. The van der Waals surface area contributed by atoms with E-state index in [2.05, 4.69) is 10.1 Å². The van der Waals surface area contributed by atoms with Gasteiger partial charge in [0.15, 0.2) is 5.58 Å². The van der Waals surface area contributed by atoms with Crippen molar-refractivity contribution in [1.29, 1.82) is 0 Å². The number of carboxylic acids is 1. The standard InChI is InChI=1S/C20H28FN3O.C2HF3O2/c21-16-3-6-19-18(13-16)20(23-25-19)15-8-11-24(12-9-15)10-7-14-1-4-17(22)5-2-14;3-2(4,5)1(6)7/h3,6,13-15,17H,1-2,4-5,7-12,22H2;(H,6,7). The van der Waals surface area contributed by atoms with Gasteiger partial charge in [0, 0.05) is 17.3 Å². The molecule has 0 unspecified atom stereocenters. The maximum atomic E-state index is 13.5. The van der Waals surface area contributed by atoms with Crippen molar-refractivity contribution in [3.63, 3.8) is 0 Å². The average molecular weight is 459 g/mol. The van der Waals surface area contributed by atoms with E-state index >= 15 is 0 Å². The molecule has 1 saturated heterocycles. The van der Waals surface area contributed by atoms with Crippen LogP contribution in [0.2, 0.25) is 0 Å². The summed E-state index contributed by atoms with van der Waals surface area (Å²) in [6, 6.07) is 5.10. The number of piperidine rings is 1. The third-order valence-corrected chi connectivity index (χ3v) is 6.42. The van der Waals surface area contributed by atoms with Gasteiger partial charge in [0.2, 0.25) is 0 Å². The highest BCUT2D eigenvalue weighted by Gasteiger charge is 2.38. The highest BCUT2D eigenvalue weighted by molar-refractivity contribution is 5.79. The molecular formula is C22H29F4N3O3. The number of nitrogens with two attached hydrogens (primary N) is 1. The number of benzene rings is 1. The second kappa shape index (κ2) is 10.6. The molecule has 1 saturated carbocycles. The van der Waals surface area contributed by atoms with E-state index in [9.17, 15) is 17.6 Å². The molecule has 1 aliphatic heterocycles. The van der Waals surface area contributed by atoms with Gasteiger partial charge >= 0.3 is 12.1 Å². The minimum Gasteiger partial charge on any atom is -0.475 e. The van der Waals surface area contributed by atoms with Gasteiger partial charge in [-0.05, 0) is 88.7 Å². The lowest BCUT2D eigenvalue weighted by molar-refractivity contribution is -0.192. The van der Waals surface area contributed by atoms with E-state index in [1.165, 1.54) is 44.7 Å². The lowest BCUT2D eigenvalue weighted by Gasteiger charge is -2.33. The summed E-state index contributed by atoms with van der Waals surface area (Å²) < 4.78 is 50.7. The summed E-state index contributed by atoms with van der Waals surface area (Å²) in [7, 11) is 0. The number of aliphatic carboxylic acids is 1. The van der Waals surface area contributed by atoms with Crippen molar-refractivity contribution in [2.24, 2.45) is 11.7 Å². The second-order valence-electron chi connectivity index (χ2n) is 8.70. The average Bonchev–Trinajstić information content (AvgIpc) is 3.16. The Balaban J connectivity index is 0.000000360. The Bertz CT molecular complexity index is 886. The van der Waals surface area contributed by atoms with Crippen LogP contribution in [-0.4, -0.2) is 53.0 Å². The van der Waals surface area contributed by atoms with Gasteiger partial charge in [-0.1, -0.05) is 5.16 Å². The van der Waals surface area contributed by atoms with Crippen LogP contribution in [-0.2, 0) is 4.79 Å². The molecule has 2 heterocycles.